The molecule has 5 nitrogen and oxygen atoms in total. The minimum atomic E-state index is -4.57. The van der Waals surface area contributed by atoms with E-state index in [2.05, 4.69) is 15.6 Å². The molecule has 158 valence electrons. The van der Waals surface area contributed by atoms with E-state index in [1.54, 1.807) is 0 Å². The number of fused-ring (bicyclic) bond motifs is 1. The summed E-state index contributed by atoms with van der Waals surface area (Å²) in [6, 6.07) is 7.51. The number of amides is 1. The molecule has 2 aromatic rings. The third-order valence-electron chi connectivity index (χ3n) is 5.15. The molecule has 0 aromatic heterocycles. The Kier molecular flexibility index (Phi) is 5.46. The molecule has 1 amide bonds. The maximum atomic E-state index is 13.6. The number of benzene rings is 2. The van der Waals surface area contributed by atoms with Crippen LogP contribution in [0.4, 0.5) is 34.6 Å². The molecule has 0 aliphatic carbocycles. The maximum Gasteiger partial charge on any atom is 0.418 e. The van der Waals surface area contributed by atoms with Gasteiger partial charge in [-0.25, -0.2) is 4.39 Å². The van der Waals surface area contributed by atoms with Gasteiger partial charge in [-0.05, 0) is 54.8 Å². The summed E-state index contributed by atoms with van der Waals surface area (Å²) in [6.45, 7) is 1.01. The van der Waals surface area contributed by atoms with Gasteiger partial charge in [-0.1, -0.05) is 0 Å². The number of ether oxygens (including phenoxy) is 1. The quantitative estimate of drug-likeness (QED) is 0.547. The minimum Gasteiger partial charge on any atom is -0.382 e. The van der Waals surface area contributed by atoms with E-state index in [0.29, 0.717) is 37.3 Å². The summed E-state index contributed by atoms with van der Waals surface area (Å²) >= 11 is 0. The van der Waals surface area contributed by atoms with Gasteiger partial charge in [0.1, 0.15) is 11.7 Å². The van der Waals surface area contributed by atoms with Crippen molar-refractivity contribution in [1.82, 2.24) is 0 Å². The lowest BCUT2D eigenvalue weighted by atomic mass is 10.0. The second-order valence-corrected chi connectivity index (χ2v) is 7.24. The number of carbonyl (C=O) groups excluding carboxylic acids is 1. The van der Waals surface area contributed by atoms with Crippen LogP contribution in [0, 0.1) is 5.82 Å². The van der Waals surface area contributed by atoms with Gasteiger partial charge in [-0.15, -0.1) is 0 Å². The topological polar surface area (TPSA) is 62.7 Å². The number of anilines is 2. The summed E-state index contributed by atoms with van der Waals surface area (Å²) in [5.74, 6) is -1.79. The van der Waals surface area contributed by atoms with Gasteiger partial charge in [0.05, 0.1) is 11.3 Å². The Balaban J connectivity index is 1.59. The second-order valence-electron chi connectivity index (χ2n) is 7.24. The van der Waals surface area contributed by atoms with Crippen LogP contribution >= 0.6 is 0 Å². The molecule has 2 aromatic carbocycles. The van der Waals surface area contributed by atoms with Crippen LogP contribution < -0.4 is 10.6 Å². The van der Waals surface area contributed by atoms with Crippen molar-refractivity contribution in [1.29, 1.82) is 0 Å². The Morgan fingerprint density at radius 3 is 2.63 bits per heavy atom. The van der Waals surface area contributed by atoms with Gasteiger partial charge in [0.2, 0.25) is 5.91 Å². The smallest absolute Gasteiger partial charge is 0.382 e. The van der Waals surface area contributed by atoms with Crippen LogP contribution in [0.25, 0.3) is 0 Å². The lowest BCUT2D eigenvalue weighted by molar-refractivity contribution is -0.137. The highest BCUT2D eigenvalue weighted by Gasteiger charge is 2.35. The van der Waals surface area contributed by atoms with Crippen LogP contribution in [0.5, 0.6) is 0 Å². The highest BCUT2D eigenvalue weighted by molar-refractivity contribution is 6.12. The van der Waals surface area contributed by atoms with Crippen molar-refractivity contribution in [3.63, 3.8) is 0 Å². The summed E-state index contributed by atoms with van der Waals surface area (Å²) in [5, 5.41) is 5.55. The zero-order valence-corrected chi connectivity index (χ0v) is 15.8. The van der Waals surface area contributed by atoms with E-state index in [4.69, 9.17) is 4.74 Å². The Labute approximate surface area is 170 Å². The van der Waals surface area contributed by atoms with Gasteiger partial charge < -0.3 is 15.4 Å². The molecule has 1 saturated heterocycles. The Morgan fingerprint density at radius 1 is 1.13 bits per heavy atom. The standard InChI is InChI=1S/C21H19F4N3O2/c22-12-1-3-18-15(9-12)16(20(29)28-18)11-26-14-2-4-19(17(10-14)21(23,24)25)27-13-5-7-30-8-6-13/h1-4,9-11,13,16,27H,5-8H2,(H,28,29). The summed E-state index contributed by atoms with van der Waals surface area (Å²) < 4.78 is 59.6. The van der Waals surface area contributed by atoms with Gasteiger partial charge >= 0.3 is 6.18 Å². The van der Waals surface area contributed by atoms with Crippen LogP contribution in [0.2, 0.25) is 0 Å². The number of alkyl halides is 3. The summed E-state index contributed by atoms with van der Waals surface area (Å²) in [6.07, 6.45) is -2.07. The number of hydrogen-bond donors (Lipinski definition) is 2. The summed E-state index contributed by atoms with van der Waals surface area (Å²) in [7, 11) is 0. The number of nitrogens with zero attached hydrogens (tertiary/aromatic N) is 1. The minimum absolute atomic E-state index is 0.0145. The molecular formula is C21H19F4N3O2. The zero-order chi connectivity index (χ0) is 21.3. The number of hydrogen-bond acceptors (Lipinski definition) is 4. The maximum absolute atomic E-state index is 13.6. The van der Waals surface area contributed by atoms with Crippen LogP contribution in [0.3, 0.4) is 0 Å². The number of rotatable bonds is 4. The molecule has 0 saturated carbocycles. The number of halogens is 4. The zero-order valence-electron chi connectivity index (χ0n) is 15.8. The Morgan fingerprint density at radius 2 is 1.90 bits per heavy atom. The highest BCUT2D eigenvalue weighted by atomic mass is 19.4. The molecule has 4 rings (SSSR count). The van der Waals surface area contributed by atoms with Gasteiger partial charge in [0.25, 0.3) is 0 Å². The van der Waals surface area contributed by atoms with Crippen molar-refractivity contribution in [2.45, 2.75) is 31.0 Å². The first-order valence-electron chi connectivity index (χ1n) is 9.51. The van der Waals surface area contributed by atoms with E-state index in [9.17, 15) is 22.4 Å². The fraction of sp³-hybridized carbons (Fsp3) is 0.333. The van der Waals surface area contributed by atoms with Crippen LogP contribution in [0.1, 0.15) is 29.9 Å². The fourth-order valence-electron chi connectivity index (χ4n) is 3.60. The molecule has 1 atom stereocenters. The van der Waals surface area contributed by atoms with Gasteiger partial charge in [-0.2, -0.15) is 13.2 Å². The van der Waals surface area contributed by atoms with Crippen molar-refractivity contribution in [3.05, 3.63) is 53.3 Å². The second kappa shape index (κ2) is 8.06. The average Bonchev–Trinajstić information content (AvgIpc) is 3.01. The molecule has 2 heterocycles. The van der Waals surface area contributed by atoms with E-state index in [-0.39, 0.29) is 17.4 Å². The summed E-state index contributed by atoms with van der Waals surface area (Å²) in [4.78, 5) is 16.2. The predicted octanol–water partition coefficient (Wildman–Crippen LogP) is 4.87. The van der Waals surface area contributed by atoms with Crippen LogP contribution in [-0.2, 0) is 15.7 Å². The van der Waals surface area contributed by atoms with E-state index < -0.39 is 29.4 Å². The molecular weight excluding hydrogens is 402 g/mol. The molecule has 30 heavy (non-hydrogen) atoms. The monoisotopic (exact) mass is 421 g/mol. The molecule has 0 spiro atoms. The van der Waals surface area contributed by atoms with Gasteiger partial charge in [-0.3, -0.25) is 9.79 Å². The Bertz CT molecular complexity index is 985. The lowest BCUT2D eigenvalue weighted by Gasteiger charge is -2.26. The van der Waals surface area contributed by atoms with Crippen LogP contribution in [-0.4, -0.2) is 31.4 Å². The Hall–Kier alpha value is -2.94. The normalized spacial score (nSPS) is 19.7. The number of nitrogens with one attached hydrogen (secondary N) is 2. The molecule has 2 N–H and O–H groups in total. The van der Waals surface area contributed by atoms with E-state index in [1.807, 2.05) is 0 Å². The van der Waals surface area contributed by atoms with Crippen molar-refractivity contribution >= 4 is 29.2 Å². The van der Waals surface area contributed by atoms with E-state index in [1.165, 1.54) is 36.5 Å². The molecule has 2 aliphatic heterocycles. The molecule has 1 fully saturated rings. The van der Waals surface area contributed by atoms with Crippen molar-refractivity contribution in [2.24, 2.45) is 4.99 Å². The van der Waals surface area contributed by atoms with Gasteiger partial charge in [0.15, 0.2) is 0 Å². The molecule has 2 aliphatic rings. The first-order chi connectivity index (χ1) is 14.3. The van der Waals surface area contributed by atoms with E-state index in [0.717, 1.165) is 6.07 Å². The highest BCUT2D eigenvalue weighted by Crippen LogP contribution is 2.38. The summed E-state index contributed by atoms with van der Waals surface area (Å²) in [5.41, 5.74) is 0.0743. The predicted molar refractivity (Wildman–Crippen MR) is 105 cm³/mol. The third-order valence-corrected chi connectivity index (χ3v) is 5.15. The van der Waals surface area contributed by atoms with Gasteiger partial charge in [0, 0.05) is 36.8 Å². The largest absolute Gasteiger partial charge is 0.418 e. The number of aliphatic imine (C=N–C) groups is 1. The molecule has 9 heteroatoms. The molecule has 0 radical (unpaired) electrons. The lowest BCUT2D eigenvalue weighted by Crippen LogP contribution is -2.28. The number of carbonyl (C=O) groups is 1. The van der Waals surface area contributed by atoms with Crippen LogP contribution in [0.15, 0.2) is 41.4 Å². The first kappa shape index (κ1) is 20.3. The van der Waals surface area contributed by atoms with Crippen molar-refractivity contribution < 1.29 is 27.1 Å². The SMILES string of the molecule is O=C1Nc2ccc(F)cc2C1C=Nc1ccc(NC2CCOCC2)c(C(F)(F)F)c1. The molecule has 1 unspecified atom stereocenters. The van der Waals surface area contributed by atoms with E-state index >= 15 is 0 Å². The average molecular weight is 421 g/mol. The van der Waals surface area contributed by atoms with Crippen molar-refractivity contribution in [2.75, 3.05) is 23.8 Å². The fourth-order valence-corrected chi connectivity index (χ4v) is 3.60. The molecule has 0 bridgehead atoms. The van der Waals surface area contributed by atoms with Crippen molar-refractivity contribution in [3.8, 4) is 0 Å². The first-order valence-corrected chi connectivity index (χ1v) is 9.51. The third kappa shape index (κ3) is 4.30.